The van der Waals surface area contributed by atoms with Crippen LogP contribution in [-0.2, 0) is 14.6 Å². The Bertz CT molecular complexity index is 924. The van der Waals surface area contributed by atoms with Crippen LogP contribution >= 0.6 is 11.8 Å². The fourth-order valence-electron chi connectivity index (χ4n) is 2.82. The van der Waals surface area contributed by atoms with Gasteiger partial charge in [0.05, 0.1) is 11.5 Å². The number of thioether (sulfide) groups is 1. The predicted octanol–water partition coefficient (Wildman–Crippen LogP) is 3.30. The fraction of sp³-hybridized carbons (Fsp3) is 0.250. The molecule has 1 fully saturated rings. The van der Waals surface area contributed by atoms with Gasteiger partial charge in [0.2, 0.25) is 5.91 Å². The van der Waals surface area contributed by atoms with Crippen LogP contribution in [0, 0.1) is 0 Å². The van der Waals surface area contributed by atoms with E-state index in [0.717, 1.165) is 11.3 Å². The molecule has 1 saturated heterocycles. The van der Waals surface area contributed by atoms with E-state index in [-0.39, 0.29) is 17.4 Å². The van der Waals surface area contributed by atoms with Gasteiger partial charge in [0.15, 0.2) is 9.84 Å². The van der Waals surface area contributed by atoms with Gasteiger partial charge in [-0.1, -0.05) is 18.2 Å². The molecule has 0 bridgehead atoms. The molecule has 3 rings (SSSR count). The maximum absolute atomic E-state index is 12.2. The molecule has 2 aromatic rings. The Morgan fingerprint density at radius 2 is 1.81 bits per heavy atom. The van der Waals surface area contributed by atoms with Crippen LogP contribution in [0.25, 0.3) is 6.08 Å². The van der Waals surface area contributed by atoms with Crippen LogP contribution in [0.5, 0.6) is 0 Å². The van der Waals surface area contributed by atoms with Crippen LogP contribution in [0.3, 0.4) is 0 Å². The SMILES string of the molecule is CSc1ccc(/C=C/C(=O)Nc2cccc(N3CCS(=O)(=O)CC3)c2)cc1. The zero-order valence-corrected chi connectivity index (χ0v) is 16.7. The van der Waals surface area contributed by atoms with E-state index in [1.807, 2.05) is 59.7 Å². The van der Waals surface area contributed by atoms with E-state index < -0.39 is 9.84 Å². The standard InChI is InChI=1S/C20H22N2O3S2/c1-26-19-8-5-16(6-9-19)7-10-20(23)21-17-3-2-4-18(15-17)22-11-13-27(24,25)14-12-22/h2-10,15H,11-14H2,1H3,(H,21,23)/b10-7+. The Labute approximate surface area is 164 Å². The Morgan fingerprint density at radius 3 is 2.48 bits per heavy atom. The molecule has 142 valence electrons. The molecular weight excluding hydrogens is 380 g/mol. The second kappa shape index (κ2) is 8.63. The summed E-state index contributed by atoms with van der Waals surface area (Å²) in [6.45, 7) is 0.956. The minimum atomic E-state index is -2.91. The van der Waals surface area contributed by atoms with E-state index >= 15 is 0 Å². The Morgan fingerprint density at radius 1 is 1.11 bits per heavy atom. The third-order valence-corrected chi connectivity index (χ3v) is 6.72. The Kier molecular flexibility index (Phi) is 6.23. The first-order valence-corrected chi connectivity index (χ1v) is 11.7. The van der Waals surface area contributed by atoms with Gasteiger partial charge in [0, 0.05) is 35.4 Å². The molecule has 0 aromatic heterocycles. The van der Waals surface area contributed by atoms with E-state index in [1.165, 1.54) is 11.0 Å². The highest BCUT2D eigenvalue weighted by Gasteiger charge is 2.21. The van der Waals surface area contributed by atoms with Gasteiger partial charge in [-0.15, -0.1) is 11.8 Å². The highest BCUT2D eigenvalue weighted by atomic mass is 32.2. The number of carbonyl (C=O) groups excluding carboxylic acids is 1. The van der Waals surface area contributed by atoms with Crippen molar-refractivity contribution < 1.29 is 13.2 Å². The van der Waals surface area contributed by atoms with Gasteiger partial charge in [-0.2, -0.15) is 0 Å². The van der Waals surface area contributed by atoms with Crippen LogP contribution in [0.1, 0.15) is 5.56 Å². The van der Waals surface area contributed by atoms with Crippen molar-refractivity contribution in [1.82, 2.24) is 0 Å². The number of nitrogens with one attached hydrogen (secondary N) is 1. The quantitative estimate of drug-likeness (QED) is 0.614. The van der Waals surface area contributed by atoms with Crippen molar-refractivity contribution in [2.24, 2.45) is 0 Å². The molecule has 27 heavy (non-hydrogen) atoms. The van der Waals surface area contributed by atoms with Crippen LogP contribution in [0.4, 0.5) is 11.4 Å². The highest BCUT2D eigenvalue weighted by Crippen LogP contribution is 2.21. The molecule has 7 heteroatoms. The third kappa shape index (κ3) is 5.61. The molecule has 0 saturated carbocycles. The highest BCUT2D eigenvalue weighted by molar-refractivity contribution is 7.98. The molecule has 2 aromatic carbocycles. The topological polar surface area (TPSA) is 66.5 Å². The lowest BCUT2D eigenvalue weighted by Crippen LogP contribution is -2.40. The van der Waals surface area contributed by atoms with E-state index in [2.05, 4.69) is 5.32 Å². The van der Waals surface area contributed by atoms with Gasteiger partial charge in [-0.3, -0.25) is 4.79 Å². The summed E-state index contributed by atoms with van der Waals surface area (Å²) in [6.07, 6.45) is 5.31. The maximum atomic E-state index is 12.2. The Balaban J connectivity index is 1.61. The number of carbonyl (C=O) groups is 1. The van der Waals surface area contributed by atoms with Crippen molar-refractivity contribution >= 4 is 45.0 Å². The Hall–Kier alpha value is -2.25. The number of hydrogen-bond donors (Lipinski definition) is 1. The molecule has 0 radical (unpaired) electrons. The summed E-state index contributed by atoms with van der Waals surface area (Å²) in [6, 6.07) is 15.5. The zero-order chi connectivity index (χ0) is 19.3. The zero-order valence-electron chi connectivity index (χ0n) is 15.1. The smallest absolute Gasteiger partial charge is 0.248 e. The summed E-state index contributed by atoms with van der Waals surface area (Å²) >= 11 is 1.68. The number of sulfone groups is 1. The van der Waals surface area contributed by atoms with Crippen LogP contribution in [0.15, 0.2) is 59.5 Å². The summed E-state index contributed by atoms with van der Waals surface area (Å²) in [7, 11) is -2.91. The van der Waals surface area contributed by atoms with Gasteiger partial charge in [0.25, 0.3) is 0 Å². The lowest BCUT2D eigenvalue weighted by atomic mass is 10.2. The van der Waals surface area contributed by atoms with Crippen molar-refractivity contribution in [2.45, 2.75) is 4.90 Å². The first kappa shape index (κ1) is 19.5. The van der Waals surface area contributed by atoms with Crippen LogP contribution < -0.4 is 10.2 Å². The first-order valence-electron chi connectivity index (χ1n) is 8.64. The van der Waals surface area contributed by atoms with Gasteiger partial charge in [-0.25, -0.2) is 8.42 Å². The summed E-state index contributed by atoms with van der Waals surface area (Å²) < 4.78 is 23.1. The van der Waals surface area contributed by atoms with Gasteiger partial charge in [0.1, 0.15) is 0 Å². The predicted molar refractivity (Wildman–Crippen MR) is 113 cm³/mol. The molecule has 1 aliphatic rings. The number of nitrogens with zero attached hydrogens (tertiary/aromatic N) is 1. The normalized spacial score (nSPS) is 16.4. The van der Waals surface area contributed by atoms with E-state index in [1.54, 1.807) is 17.8 Å². The van der Waals surface area contributed by atoms with E-state index in [0.29, 0.717) is 18.8 Å². The molecule has 0 aliphatic carbocycles. The summed E-state index contributed by atoms with van der Waals surface area (Å²) in [4.78, 5) is 15.4. The van der Waals surface area contributed by atoms with E-state index in [9.17, 15) is 13.2 Å². The molecule has 5 nitrogen and oxygen atoms in total. The van der Waals surface area contributed by atoms with Crippen LogP contribution in [-0.4, -0.2) is 45.2 Å². The minimum absolute atomic E-state index is 0.168. The third-order valence-electron chi connectivity index (χ3n) is 4.37. The molecular formula is C20H22N2O3S2. The fourth-order valence-corrected chi connectivity index (χ4v) is 4.43. The maximum Gasteiger partial charge on any atom is 0.248 e. The van der Waals surface area contributed by atoms with Gasteiger partial charge in [-0.05, 0) is 48.2 Å². The van der Waals surface area contributed by atoms with Crippen molar-refractivity contribution in [3.8, 4) is 0 Å². The lowest BCUT2D eigenvalue weighted by molar-refractivity contribution is -0.111. The average molecular weight is 403 g/mol. The van der Waals surface area contributed by atoms with Crippen molar-refractivity contribution in [1.29, 1.82) is 0 Å². The molecule has 1 heterocycles. The average Bonchev–Trinajstić information content (AvgIpc) is 2.67. The van der Waals surface area contributed by atoms with Gasteiger partial charge >= 0.3 is 0 Å². The summed E-state index contributed by atoms with van der Waals surface area (Å²) in [5, 5.41) is 2.86. The minimum Gasteiger partial charge on any atom is -0.369 e. The summed E-state index contributed by atoms with van der Waals surface area (Å²) in [5.41, 5.74) is 2.57. The molecule has 1 aliphatic heterocycles. The van der Waals surface area contributed by atoms with Gasteiger partial charge < -0.3 is 10.2 Å². The lowest BCUT2D eigenvalue weighted by Gasteiger charge is -2.29. The van der Waals surface area contributed by atoms with Crippen molar-refractivity contribution in [2.75, 3.05) is 41.1 Å². The summed E-state index contributed by atoms with van der Waals surface area (Å²) in [5.74, 6) is 0.130. The number of amides is 1. The second-order valence-electron chi connectivity index (χ2n) is 6.28. The second-order valence-corrected chi connectivity index (χ2v) is 9.47. The number of anilines is 2. The molecule has 1 N–H and O–H groups in total. The molecule has 1 amide bonds. The van der Waals surface area contributed by atoms with Crippen molar-refractivity contribution in [3.05, 3.63) is 60.2 Å². The largest absolute Gasteiger partial charge is 0.369 e. The number of hydrogen-bond acceptors (Lipinski definition) is 5. The number of benzene rings is 2. The number of rotatable bonds is 5. The molecule has 0 unspecified atom stereocenters. The molecule has 0 atom stereocenters. The van der Waals surface area contributed by atoms with E-state index in [4.69, 9.17) is 0 Å². The van der Waals surface area contributed by atoms with Crippen LogP contribution in [0.2, 0.25) is 0 Å². The monoisotopic (exact) mass is 402 g/mol. The first-order chi connectivity index (χ1) is 12.9. The molecule has 0 spiro atoms. The van der Waals surface area contributed by atoms with Crippen molar-refractivity contribution in [3.63, 3.8) is 0 Å².